The van der Waals surface area contributed by atoms with E-state index in [4.69, 9.17) is 0 Å². The minimum Gasteiger partial charge on any atom is -0.309 e. The van der Waals surface area contributed by atoms with Gasteiger partial charge in [0.05, 0.1) is 15.8 Å². The number of anilines is 3. The van der Waals surface area contributed by atoms with Gasteiger partial charge in [-0.25, -0.2) is 0 Å². The molecule has 0 atom stereocenters. The van der Waals surface area contributed by atoms with Crippen LogP contribution in [0.3, 0.4) is 0 Å². The molecule has 1 spiro atoms. The van der Waals surface area contributed by atoms with Crippen LogP contribution in [0.4, 0.5) is 17.1 Å². The van der Waals surface area contributed by atoms with Crippen LogP contribution in [0.25, 0.3) is 75.1 Å². The van der Waals surface area contributed by atoms with E-state index in [-0.39, 0.29) is 0 Å². The Kier molecular flexibility index (Phi) is 6.87. The fourth-order valence-electron chi connectivity index (χ4n) is 10.5. The summed E-state index contributed by atoms with van der Waals surface area (Å²) in [6.45, 7) is 0. The summed E-state index contributed by atoms with van der Waals surface area (Å²) in [7, 11) is 0. The molecule has 0 amide bonds. The van der Waals surface area contributed by atoms with Crippen LogP contribution in [0, 0.1) is 0 Å². The molecule has 2 heteroatoms. The summed E-state index contributed by atoms with van der Waals surface area (Å²) in [5.41, 5.74) is 16.1. The Bertz CT molecular complexity index is 3450. The summed E-state index contributed by atoms with van der Waals surface area (Å²) < 4.78 is 2.59. The number of fused-ring (bicyclic) bond motifs is 16. The number of rotatable bonds is 4. The molecular weight excluding hydrogens is 731 g/mol. The Hall–Kier alpha value is -7.26. The van der Waals surface area contributed by atoms with Gasteiger partial charge >= 0.3 is 0 Å². The molecular formula is C57H35NS. The molecule has 10 aromatic carbocycles. The first-order valence-electron chi connectivity index (χ1n) is 20.4. The van der Waals surface area contributed by atoms with Gasteiger partial charge in [-0.1, -0.05) is 170 Å². The predicted molar refractivity (Wildman–Crippen MR) is 251 cm³/mol. The summed E-state index contributed by atoms with van der Waals surface area (Å²) in [6, 6.07) is 79.3. The molecule has 13 rings (SSSR count). The Morgan fingerprint density at radius 3 is 1.61 bits per heavy atom. The minimum absolute atomic E-state index is 0.433. The van der Waals surface area contributed by atoms with Crippen molar-refractivity contribution in [2.24, 2.45) is 0 Å². The Morgan fingerprint density at radius 2 is 0.898 bits per heavy atom. The van der Waals surface area contributed by atoms with E-state index in [9.17, 15) is 0 Å². The third-order valence-electron chi connectivity index (χ3n) is 13.0. The van der Waals surface area contributed by atoms with E-state index in [1.54, 1.807) is 0 Å². The molecule has 0 N–H and O–H groups in total. The molecule has 274 valence electrons. The number of hydrogen-bond donors (Lipinski definition) is 0. The molecule has 0 fully saturated rings. The lowest BCUT2D eigenvalue weighted by atomic mass is 9.70. The van der Waals surface area contributed by atoms with Gasteiger partial charge < -0.3 is 4.90 Å². The van der Waals surface area contributed by atoms with Crippen molar-refractivity contribution in [3.63, 3.8) is 0 Å². The average Bonchev–Trinajstić information content (AvgIpc) is 3.94. The first-order chi connectivity index (χ1) is 29.3. The van der Waals surface area contributed by atoms with Crippen LogP contribution >= 0.6 is 11.3 Å². The lowest BCUT2D eigenvalue weighted by Gasteiger charge is -2.32. The Labute approximate surface area is 346 Å². The zero-order chi connectivity index (χ0) is 38.7. The van der Waals surface area contributed by atoms with Gasteiger partial charge in [-0.15, -0.1) is 11.3 Å². The van der Waals surface area contributed by atoms with E-state index in [1.165, 1.54) is 103 Å². The lowest BCUT2D eigenvalue weighted by molar-refractivity contribution is 0.793. The Balaban J connectivity index is 1.09. The van der Waals surface area contributed by atoms with Gasteiger partial charge in [-0.2, -0.15) is 0 Å². The summed E-state index contributed by atoms with van der Waals surface area (Å²) >= 11 is 1.90. The van der Waals surface area contributed by atoms with E-state index < -0.39 is 5.41 Å². The SMILES string of the molecule is c1ccc2c(c1)-c1ccccc1C21c2ccccc2-c2ccc(N(c3ccc(-c4ccc5ccccc5c4)cc3)c3cc4ccccc4c4c3sc3ccccc34)cc21. The largest absolute Gasteiger partial charge is 0.309 e. The van der Waals surface area contributed by atoms with Gasteiger partial charge in [-0.3, -0.25) is 0 Å². The van der Waals surface area contributed by atoms with Gasteiger partial charge in [0.1, 0.15) is 0 Å². The van der Waals surface area contributed by atoms with Gasteiger partial charge in [0.2, 0.25) is 0 Å². The fourth-order valence-corrected chi connectivity index (χ4v) is 11.8. The smallest absolute Gasteiger partial charge is 0.0726 e. The van der Waals surface area contributed by atoms with Crippen molar-refractivity contribution in [1.82, 2.24) is 0 Å². The van der Waals surface area contributed by atoms with Gasteiger partial charge in [0, 0.05) is 26.8 Å². The maximum atomic E-state index is 2.53. The fraction of sp³-hybridized carbons (Fsp3) is 0.0175. The van der Waals surface area contributed by atoms with Crippen LogP contribution in [0.5, 0.6) is 0 Å². The number of benzene rings is 10. The summed E-state index contributed by atoms with van der Waals surface area (Å²) in [4.78, 5) is 2.53. The highest BCUT2D eigenvalue weighted by Crippen LogP contribution is 2.63. The van der Waals surface area contributed by atoms with Crippen molar-refractivity contribution in [1.29, 1.82) is 0 Å². The lowest BCUT2D eigenvalue weighted by Crippen LogP contribution is -2.26. The van der Waals surface area contributed by atoms with Crippen molar-refractivity contribution in [3.8, 4) is 33.4 Å². The molecule has 11 aromatic rings. The maximum Gasteiger partial charge on any atom is 0.0726 e. The topological polar surface area (TPSA) is 3.24 Å². The van der Waals surface area contributed by atoms with E-state index in [0.717, 1.165) is 11.4 Å². The van der Waals surface area contributed by atoms with Crippen LogP contribution in [-0.2, 0) is 5.41 Å². The third-order valence-corrected chi connectivity index (χ3v) is 14.2. The zero-order valence-corrected chi connectivity index (χ0v) is 32.9. The monoisotopic (exact) mass is 765 g/mol. The number of hydrogen-bond acceptors (Lipinski definition) is 2. The van der Waals surface area contributed by atoms with E-state index >= 15 is 0 Å². The molecule has 1 nitrogen and oxygen atoms in total. The number of thiophene rings is 1. The van der Waals surface area contributed by atoms with Gasteiger partial charge in [0.15, 0.2) is 0 Å². The first-order valence-corrected chi connectivity index (χ1v) is 21.2. The minimum atomic E-state index is -0.433. The first kappa shape index (κ1) is 32.8. The second kappa shape index (κ2) is 12.4. The van der Waals surface area contributed by atoms with E-state index in [0.29, 0.717) is 0 Å². The van der Waals surface area contributed by atoms with Crippen molar-refractivity contribution in [3.05, 3.63) is 235 Å². The second-order valence-electron chi connectivity index (χ2n) is 16.0. The summed E-state index contributed by atoms with van der Waals surface area (Å²) in [5, 5.41) is 7.66. The highest BCUT2D eigenvalue weighted by Gasteiger charge is 2.51. The van der Waals surface area contributed by atoms with Gasteiger partial charge in [-0.05, 0) is 120 Å². The molecule has 2 aliphatic rings. The van der Waals surface area contributed by atoms with Crippen molar-refractivity contribution in [2.75, 3.05) is 4.90 Å². The standard InChI is InChI=1S/C57H35NS/c1-2-14-38-33-39(26-25-36(38)13-1)37-27-29-41(30-28-37)58(53-34-40-15-3-4-16-43(40)55-48-20-8-12-24-54(48)59-56(53)55)42-31-32-47-46-19-7-11-23-51(46)57(52(47)35-42)49-21-9-5-17-44(49)45-18-6-10-22-50(45)57/h1-35H. The Morgan fingerprint density at radius 1 is 0.356 bits per heavy atom. The molecule has 0 radical (unpaired) electrons. The molecule has 0 unspecified atom stereocenters. The molecule has 2 aliphatic carbocycles. The highest BCUT2D eigenvalue weighted by molar-refractivity contribution is 7.26. The summed E-state index contributed by atoms with van der Waals surface area (Å²) in [5.74, 6) is 0. The molecule has 0 saturated carbocycles. The second-order valence-corrected chi connectivity index (χ2v) is 17.0. The van der Waals surface area contributed by atoms with Crippen molar-refractivity contribution < 1.29 is 0 Å². The molecule has 0 saturated heterocycles. The van der Waals surface area contributed by atoms with Crippen LogP contribution in [0.15, 0.2) is 212 Å². The van der Waals surface area contributed by atoms with E-state index in [1.807, 2.05) is 11.3 Å². The van der Waals surface area contributed by atoms with Crippen LogP contribution in [-0.4, -0.2) is 0 Å². The number of nitrogens with zero attached hydrogens (tertiary/aromatic N) is 1. The average molecular weight is 766 g/mol. The molecule has 1 aromatic heterocycles. The molecule has 0 aliphatic heterocycles. The normalized spacial score (nSPS) is 13.2. The van der Waals surface area contributed by atoms with Crippen molar-refractivity contribution >= 4 is 70.1 Å². The van der Waals surface area contributed by atoms with Crippen LogP contribution in [0.2, 0.25) is 0 Å². The maximum absolute atomic E-state index is 2.53. The molecule has 59 heavy (non-hydrogen) atoms. The quantitative estimate of drug-likeness (QED) is 0.172. The van der Waals surface area contributed by atoms with Crippen LogP contribution in [0.1, 0.15) is 22.3 Å². The predicted octanol–water partition coefficient (Wildman–Crippen LogP) is 15.8. The molecule has 1 heterocycles. The summed E-state index contributed by atoms with van der Waals surface area (Å²) in [6.07, 6.45) is 0. The zero-order valence-electron chi connectivity index (χ0n) is 32.1. The van der Waals surface area contributed by atoms with Gasteiger partial charge in [0.25, 0.3) is 0 Å². The molecule has 0 bridgehead atoms. The third kappa shape index (κ3) is 4.55. The van der Waals surface area contributed by atoms with Crippen molar-refractivity contribution in [2.45, 2.75) is 5.41 Å². The van der Waals surface area contributed by atoms with E-state index in [2.05, 4.69) is 217 Å². The van der Waals surface area contributed by atoms with Crippen LogP contribution < -0.4 is 4.90 Å². The highest BCUT2D eigenvalue weighted by atomic mass is 32.1.